The van der Waals surface area contributed by atoms with Crippen LogP contribution in [0.2, 0.25) is 0 Å². The van der Waals surface area contributed by atoms with Crippen LogP contribution in [0.1, 0.15) is 0 Å². The third kappa shape index (κ3) is 2690. The normalized spacial score (nSPS) is 5.62. The Bertz CT molecular complexity index is 16.0. The first-order valence-corrected chi connectivity index (χ1v) is 2.37. The van der Waals surface area contributed by atoms with Gasteiger partial charge in [0.1, 0.15) is 0 Å². The zero-order chi connectivity index (χ0) is 3.58. The van der Waals surface area contributed by atoms with Gasteiger partial charge in [-0.3, -0.25) is 0 Å². The minimum atomic E-state index is -4.67. The van der Waals surface area contributed by atoms with Crippen LogP contribution in [-0.2, 0) is 17.4 Å². The predicted octanol–water partition coefficient (Wildman–Crippen LogP) is -2.04. The van der Waals surface area contributed by atoms with Crippen LogP contribution in [0.5, 0.6) is 0 Å². The van der Waals surface area contributed by atoms with Crippen molar-refractivity contribution in [2.75, 3.05) is 0 Å². The fraction of sp³-hybridized carbons (Fsp3) is 0. The molecule has 0 aliphatic heterocycles. The van der Waals surface area contributed by atoms with Gasteiger partial charge in [0.25, 0.3) is 0 Å². The summed E-state index contributed by atoms with van der Waals surface area (Å²) in [5.74, 6) is 0. The first kappa shape index (κ1) is 41.0. The molecule has 61 valence electrons. The van der Waals surface area contributed by atoms with Crippen molar-refractivity contribution in [3.05, 3.63) is 0 Å². The summed E-state index contributed by atoms with van der Waals surface area (Å²) in [4.78, 5) is 0. The summed E-state index contributed by atoms with van der Waals surface area (Å²) < 4.78 is 29.4. The Morgan fingerprint density at radius 3 is 0.625 bits per heavy atom. The van der Waals surface area contributed by atoms with E-state index < -0.39 is 17.4 Å². The van der Waals surface area contributed by atoms with Gasteiger partial charge in [-0.05, 0) is 0 Å². The SMILES string of the molecule is O.O.O.O.[F][Ru]([F])[F]. The Balaban J connectivity index is -0.00000000750. The van der Waals surface area contributed by atoms with E-state index in [-0.39, 0.29) is 21.9 Å². The molecule has 8 N–H and O–H groups in total. The number of rotatable bonds is 0. The van der Waals surface area contributed by atoms with Crippen molar-refractivity contribution in [2.24, 2.45) is 0 Å². The van der Waals surface area contributed by atoms with Gasteiger partial charge in [-0.1, -0.05) is 0 Å². The fourth-order valence-corrected chi connectivity index (χ4v) is 0. The Morgan fingerprint density at radius 1 is 0.625 bits per heavy atom. The van der Waals surface area contributed by atoms with Gasteiger partial charge in [-0.15, -0.1) is 0 Å². The molecule has 0 saturated carbocycles. The van der Waals surface area contributed by atoms with Crippen molar-refractivity contribution >= 4 is 0 Å². The monoisotopic (exact) mass is 231 g/mol. The summed E-state index contributed by atoms with van der Waals surface area (Å²) in [6.45, 7) is 0. The summed E-state index contributed by atoms with van der Waals surface area (Å²) in [5.41, 5.74) is 0. The van der Waals surface area contributed by atoms with Crippen LogP contribution in [0.3, 0.4) is 0 Å². The number of hydrogen-bond donors (Lipinski definition) is 0. The van der Waals surface area contributed by atoms with E-state index in [0.717, 1.165) is 0 Å². The molecule has 0 aromatic carbocycles. The summed E-state index contributed by atoms with van der Waals surface area (Å²) in [7, 11) is 0. The predicted molar refractivity (Wildman–Crippen MR) is 17.8 cm³/mol. The summed E-state index contributed by atoms with van der Waals surface area (Å²) in [6, 6.07) is 0. The Kier molecular flexibility index (Phi) is 137. The van der Waals surface area contributed by atoms with Crippen molar-refractivity contribution in [1.29, 1.82) is 0 Å². The molecule has 0 atom stereocenters. The molecule has 0 rings (SSSR count). The fourth-order valence-electron chi connectivity index (χ4n) is 0. The second-order valence-corrected chi connectivity index (χ2v) is 0.896. The van der Waals surface area contributed by atoms with Gasteiger partial charge in [0.05, 0.1) is 0 Å². The van der Waals surface area contributed by atoms with E-state index in [4.69, 9.17) is 0 Å². The van der Waals surface area contributed by atoms with Crippen LogP contribution in [0.4, 0.5) is 9.95 Å². The van der Waals surface area contributed by atoms with E-state index in [1.54, 1.807) is 0 Å². The standard InChI is InChI=1S/3FH.4H2O.Ru/h3*1H;4*1H2;/q;;;;;;;+3/p-3. The van der Waals surface area contributed by atoms with Crippen molar-refractivity contribution in [2.45, 2.75) is 0 Å². The van der Waals surface area contributed by atoms with Crippen molar-refractivity contribution in [1.82, 2.24) is 0 Å². The summed E-state index contributed by atoms with van der Waals surface area (Å²) >= 11 is -4.67. The molecule has 0 spiro atoms. The second kappa shape index (κ2) is 26.8. The van der Waals surface area contributed by atoms with E-state index in [9.17, 15) is 9.95 Å². The molecule has 0 fully saturated rings. The molecule has 0 radical (unpaired) electrons. The molecule has 0 aliphatic carbocycles. The zero-order valence-corrected chi connectivity index (χ0v) is 5.23. The van der Waals surface area contributed by atoms with Crippen LogP contribution in [0.15, 0.2) is 0 Å². The number of halogens is 3. The number of hydrogen-bond acceptors (Lipinski definition) is 0. The molecule has 0 aliphatic rings. The van der Waals surface area contributed by atoms with Crippen LogP contribution >= 0.6 is 0 Å². The molecule has 0 saturated heterocycles. The third-order valence-electron chi connectivity index (χ3n) is 0. The topological polar surface area (TPSA) is 126 Å². The molecule has 8 heteroatoms. The van der Waals surface area contributed by atoms with Crippen LogP contribution in [0.25, 0.3) is 0 Å². The average molecular weight is 230 g/mol. The van der Waals surface area contributed by atoms with E-state index in [0.29, 0.717) is 0 Å². The molecule has 0 bridgehead atoms. The van der Waals surface area contributed by atoms with Gasteiger partial charge >= 0.3 is 27.4 Å². The van der Waals surface area contributed by atoms with Gasteiger partial charge in [0, 0.05) is 0 Å². The summed E-state index contributed by atoms with van der Waals surface area (Å²) in [6.07, 6.45) is 0. The van der Waals surface area contributed by atoms with E-state index in [1.807, 2.05) is 0 Å². The first-order valence-electron chi connectivity index (χ1n) is 0.401. The van der Waals surface area contributed by atoms with Crippen molar-refractivity contribution < 1.29 is 49.3 Å². The molecular weight excluding hydrogens is 222 g/mol. The van der Waals surface area contributed by atoms with E-state index in [2.05, 4.69) is 0 Å². The van der Waals surface area contributed by atoms with Crippen molar-refractivity contribution in [3.63, 3.8) is 0 Å². The maximum absolute atomic E-state index is 9.81. The van der Waals surface area contributed by atoms with E-state index >= 15 is 0 Å². The van der Waals surface area contributed by atoms with Crippen LogP contribution < -0.4 is 0 Å². The van der Waals surface area contributed by atoms with E-state index in [1.165, 1.54) is 0 Å². The van der Waals surface area contributed by atoms with Gasteiger partial charge in [0.2, 0.25) is 0 Å². The molecular formula is H8F3O4Ru. The molecule has 8 heavy (non-hydrogen) atoms. The first-order chi connectivity index (χ1) is 1.73. The maximum atomic E-state index is 9.81. The van der Waals surface area contributed by atoms with Gasteiger partial charge in [-0.2, -0.15) is 0 Å². The molecule has 0 aromatic rings. The van der Waals surface area contributed by atoms with Gasteiger partial charge in [0.15, 0.2) is 0 Å². The summed E-state index contributed by atoms with van der Waals surface area (Å²) in [5, 5.41) is 0. The Labute approximate surface area is 50.2 Å². The Morgan fingerprint density at radius 2 is 0.625 bits per heavy atom. The minimum absolute atomic E-state index is 0. The zero-order valence-electron chi connectivity index (χ0n) is 3.49. The Hall–Kier alpha value is 0.253. The van der Waals surface area contributed by atoms with Crippen molar-refractivity contribution in [3.8, 4) is 0 Å². The molecule has 0 aromatic heterocycles. The third-order valence-corrected chi connectivity index (χ3v) is 0. The molecule has 4 nitrogen and oxygen atoms in total. The average Bonchev–Trinajstić information content (AvgIpc) is 0.811. The second-order valence-electron chi connectivity index (χ2n) is 0.152. The molecule has 0 unspecified atom stereocenters. The molecule has 0 heterocycles. The van der Waals surface area contributed by atoms with Gasteiger partial charge < -0.3 is 21.9 Å². The molecule has 0 amide bonds. The quantitative estimate of drug-likeness (QED) is 0.425. The van der Waals surface area contributed by atoms with Crippen LogP contribution in [-0.4, -0.2) is 21.9 Å². The van der Waals surface area contributed by atoms with Gasteiger partial charge in [-0.25, -0.2) is 0 Å². The van der Waals surface area contributed by atoms with Crippen LogP contribution in [0, 0.1) is 0 Å².